The minimum atomic E-state index is -0.0873. The summed E-state index contributed by atoms with van der Waals surface area (Å²) in [5, 5.41) is 1.11. The van der Waals surface area contributed by atoms with Crippen molar-refractivity contribution in [3.63, 3.8) is 0 Å². The van der Waals surface area contributed by atoms with Gasteiger partial charge in [-0.05, 0) is 42.7 Å². The fourth-order valence-corrected chi connectivity index (χ4v) is 5.00. The van der Waals surface area contributed by atoms with Crippen LogP contribution in [0.5, 0.6) is 5.75 Å². The number of thiocarbonyl (C=S) groups is 1. The molecule has 4 nitrogen and oxygen atoms in total. The van der Waals surface area contributed by atoms with Crippen LogP contribution in [-0.4, -0.2) is 34.4 Å². The van der Waals surface area contributed by atoms with Crippen molar-refractivity contribution >= 4 is 63.5 Å². The largest absolute Gasteiger partial charge is 0.487 e. The van der Waals surface area contributed by atoms with Gasteiger partial charge in [-0.2, -0.15) is 0 Å². The summed E-state index contributed by atoms with van der Waals surface area (Å²) < 4.78 is 12.0. The summed E-state index contributed by atoms with van der Waals surface area (Å²) in [6.07, 6.45) is 3.86. The molecule has 0 N–H and O–H groups in total. The van der Waals surface area contributed by atoms with Gasteiger partial charge in [0.05, 0.1) is 22.6 Å². The first-order valence-electron chi connectivity index (χ1n) is 9.54. The minimum Gasteiger partial charge on any atom is -0.487 e. The highest BCUT2D eigenvalue weighted by atomic mass is 35.5. The maximum Gasteiger partial charge on any atom is 0.266 e. The Morgan fingerprint density at radius 3 is 2.80 bits per heavy atom. The standard InChI is InChI=1S/C22H19Cl2NO3S2/c23-17-6-2-1-4-15(17)13-28-19-8-7-14(10-18(19)24)11-20-21(26)25(22(29)30-20)12-16-5-3-9-27-16/h1-2,4,6-8,10-11,16H,3,5,9,12-13H2/b20-11-/t16-/m1/s1. The van der Waals surface area contributed by atoms with Crippen LogP contribution in [0.2, 0.25) is 10.0 Å². The van der Waals surface area contributed by atoms with Crippen molar-refractivity contribution in [1.82, 2.24) is 4.90 Å². The van der Waals surface area contributed by atoms with E-state index in [0.29, 0.717) is 38.2 Å². The number of ether oxygens (including phenoxy) is 2. The molecule has 0 aliphatic carbocycles. The molecule has 2 aromatic carbocycles. The molecule has 0 spiro atoms. The van der Waals surface area contributed by atoms with Gasteiger partial charge in [0.25, 0.3) is 5.91 Å². The number of hydrogen-bond acceptors (Lipinski definition) is 5. The van der Waals surface area contributed by atoms with E-state index in [2.05, 4.69) is 0 Å². The van der Waals surface area contributed by atoms with Gasteiger partial charge in [-0.1, -0.05) is 71.4 Å². The summed E-state index contributed by atoms with van der Waals surface area (Å²) in [5.41, 5.74) is 1.69. The van der Waals surface area contributed by atoms with Crippen molar-refractivity contribution in [3.8, 4) is 5.75 Å². The molecule has 2 fully saturated rings. The molecule has 0 bridgehead atoms. The van der Waals surface area contributed by atoms with Crippen molar-refractivity contribution in [1.29, 1.82) is 0 Å². The van der Waals surface area contributed by atoms with E-state index in [9.17, 15) is 4.79 Å². The van der Waals surface area contributed by atoms with Crippen LogP contribution in [0.3, 0.4) is 0 Å². The molecule has 4 rings (SSSR count). The first-order chi connectivity index (χ1) is 14.5. The van der Waals surface area contributed by atoms with Crippen LogP contribution in [0.1, 0.15) is 24.0 Å². The minimum absolute atomic E-state index is 0.0656. The zero-order valence-electron chi connectivity index (χ0n) is 16.0. The highest BCUT2D eigenvalue weighted by Gasteiger charge is 2.34. The molecule has 0 radical (unpaired) electrons. The SMILES string of the molecule is O=C1/C(=C/c2ccc(OCc3ccccc3Cl)c(Cl)c2)SC(=S)N1C[C@H]1CCCO1. The molecule has 0 aromatic heterocycles. The monoisotopic (exact) mass is 479 g/mol. The Labute approximate surface area is 195 Å². The third-order valence-electron chi connectivity index (χ3n) is 4.88. The Kier molecular flexibility index (Phi) is 7.01. The summed E-state index contributed by atoms with van der Waals surface area (Å²) in [6.45, 7) is 1.58. The smallest absolute Gasteiger partial charge is 0.266 e. The quantitative estimate of drug-likeness (QED) is 0.377. The van der Waals surface area contributed by atoms with E-state index in [1.54, 1.807) is 23.1 Å². The van der Waals surface area contributed by atoms with Crippen LogP contribution in [0, 0.1) is 0 Å². The second-order valence-electron chi connectivity index (χ2n) is 7.00. The Bertz CT molecular complexity index is 1010. The van der Waals surface area contributed by atoms with Crippen molar-refractivity contribution in [3.05, 3.63) is 68.5 Å². The Morgan fingerprint density at radius 2 is 2.07 bits per heavy atom. The maximum atomic E-state index is 12.8. The normalized spacial score (nSPS) is 20.4. The van der Waals surface area contributed by atoms with Crippen LogP contribution in [0.4, 0.5) is 0 Å². The molecular formula is C22H19Cl2NO3S2. The van der Waals surface area contributed by atoms with Gasteiger partial charge < -0.3 is 9.47 Å². The second kappa shape index (κ2) is 9.71. The predicted octanol–water partition coefficient (Wildman–Crippen LogP) is 5.95. The van der Waals surface area contributed by atoms with Crippen LogP contribution >= 0.6 is 47.2 Å². The first kappa shape index (κ1) is 21.7. The molecule has 2 aromatic rings. The molecule has 1 atom stereocenters. The third-order valence-corrected chi connectivity index (χ3v) is 6.92. The van der Waals surface area contributed by atoms with Gasteiger partial charge in [-0.15, -0.1) is 0 Å². The number of carbonyl (C=O) groups excluding carboxylic acids is 1. The summed E-state index contributed by atoms with van der Waals surface area (Å²) in [5.74, 6) is 0.468. The highest BCUT2D eigenvalue weighted by molar-refractivity contribution is 8.26. The molecule has 2 heterocycles. The number of amides is 1. The molecule has 0 unspecified atom stereocenters. The molecule has 2 saturated heterocycles. The van der Waals surface area contributed by atoms with E-state index in [0.717, 1.165) is 30.6 Å². The fraction of sp³-hybridized carbons (Fsp3) is 0.273. The molecule has 2 aliphatic rings. The lowest BCUT2D eigenvalue weighted by Crippen LogP contribution is -2.35. The van der Waals surface area contributed by atoms with E-state index in [1.165, 1.54) is 11.8 Å². The molecule has 8 heteroatoms. The van der Waals surface area contributed by atoms with Crippen molar-refractivity contribution < 1.29 is 14.3 Å². The molecule has 1 amide bonds. The number of thioether (sulfide) groups is 1. The lowest BCUT2D eigenvalue weighted by Gasteiger charge is -2.18. The summed E-state index contributed by atoms with van der Waals surface area (Å²) >= 11 is 19.3. The van der Waals surface area contributed by atoms with Gasteiger partial charge in [-0.3, -0.25) is 9.69 Å². The molecule has 0 saturated carbocycles. The van der Waals surface area contributed by atoms with Crippen LogP contribution in [0.15, 0.2) is 47.4 Å². The lowest BCUT2D eigenvalue weighted by molar-refractivity contribution is -0.123. The topological polar surface area (TPSA) is 38.8 Å². The summed E-state index contributed by atoms with van der Waals surface area (Å²) in [6, 6.07) is 12.9. The van der Waals surface area contributed by atoms with E-state index < -0.39 is 0 Å². The fourth-order valence-electron chi connectivity index (χ4n) is 3.30. The van der Waals surface area contributed by atoms with E-state index in [1.807, 2.05) is 30.3 Å². The average Bonchev–Trinajstić information content (AvgIpc) is 3.33. The van der Waals surface area contributed by atoms with Gasteiger partial charge in [0.15, 0.2) is 0 Å². The van der Waals surface area contributed by atoms with Crippen molar-refractivity contribution in [2.45, 2.75) is 25.6 Å². The van der Waals surface area contributed by atoms with Crippen LogP contribution in [0.25, 0.3) is 6.08 Å². The van der Waals surface area contributed by atoms with Crippen molar-refractivity contribution in [2.24, 2.45) is 0 Å². The molecule has 2 aliphatic heterocycles. The number of hydrogen-bond donors (Lipinski definition) is 0. The van der Waals surface area contributed by atoms with Crippen molar-refractivity contribution in [2.75, 3.05) is 13.2 Å². The van der Waals surface area contributed by atoms with Crippen LogP contribution in [-0.2, 0) is 16.1 Å². The van der Waals surface area contributed by atoms with Gasteiger partial charge in [0.2, 0.25) is 0 Å². The molecule has 30 heavy (non-hydrogen) atoms. The highest BCUT2D eigenvalue weighted by Crippen LogP contribution is 2.35. The zero-order chi connectivity index (χ0) is 21.1. The van der Waals surface area contributed by atoms with Gasteiger partial charge in [0.1, 0.15) is 16.7 Å². The number of rotatable bonds is 6. The number of nitrogens with zero attached hydrogens (tertiary/aromatic N) is 1. The average molecular weight is 480 g/mol. The lowest BCUT2D eigenvalue weighted by atomic mass is 10.2. The number of carbonyl (C=O) groups is 1. The number of halogens is 2. The van der Waals surface area contributed by atoms with Gasteiger partial charge in [-0.25, -0.2) is 0 Å². The van der Waals surface area contributed by atoms with E-state index in [4.69, 9.17) is 44.9 Å². The van der Waals surface area contributed by atoms with Gasteiger partial charge >= 0.3 is 0 Å². The summed E-state index contributed by atoms with van der Waals surface area (Å²) in [7, 11) is 0. The summed E-state index contributed by atoms with van der Waals surface area (Å²) in [4.78, 5) is 15.0. The zero-order valence-corrected chi connectivity index (χ0v) is 19.1. The first-order valence-corrected chi connectivity index (χ1v) is 11.5. The van der Waals surface area contributed by atoms with E-state index >= 15 is 0 Å². The van der Waals surface area contributed by atoms with E-state index in [-0.39, 0.29) is 12.0 Å². The number of benzene rings is 2. The Morgan fingerprint density at radius 1 is 1.23 bits per heavy atom. The Hall–Kier alpha value is -1.57. The van der Waals surface area contributed by atoms with Gasteiger partial charge in [0, 0.05) is 17.2 Å². The Balaban J connectivity index is 1.43. The second-order valence-corrected chi connectivity index (χ2v) is 9.49. The third kappa shape index (κ3) is 5.01. The molecule has 156 valence electrons. The maximum absolute atomic E-state index is 12.8. The predicted molar refractivity (Wildman–Crippen MR) is 126 cm³/mol. The van der Waals surface area contributed by atoms with Crippen LogP contribution < -0.4 is 4.74 Å². The molecular weight excluding hydrogens is 461 g/mol.